The third kappa shape index (κ3) is 2.25. The van der Waals surface area contributed by atoms with Crippen LogP contribution in [0.25, 0.3) is 0 Å². The SMILES string of the molecule is NC1CCCCN1S(=O)(=O)NC1CC1. The summed E-state index contributed by atoms with van der Waals surface area (Å²) in [6, 6.07) is 0.161. The van der Waals surface area contributed by atoms with E-state index < -0.39 is 10.2 Å². The van der Waals surface area contributed by atoms with Crippen LogP contribution in [0.15, 0.2) is 0 Å². The highest BCUT2D eigenvalue weighted by Crippen LogP contribution is 2.22. The lowest BCUT2D eigenvalue weighted by atomic mass is 10.1. The minimum atomic E-state index is -3.31. The maximum absolute atomic E-state index is 11.8. The highest BCUT2D eigenvalue weighted by Gasteiger charge is 2.34. The molecule has 1 atom stereocenters. The molecular weight excluding hydrogens is 202 g/mol. The van der Waals surface area contributed by atoms with Crippen molar-refractivity contribution in [3.05, 3.63) is 0 Å². The zero-order valence-electron chi connectivity index (χ0n) is 8.15. The third-order valence-electron chi connectivity index (χ3n) is 2.70. The van der Waals surface area contributed by atoms with E-state index in [2.05, 4.69) is 4.72 Å². The van der Waals surface area contributed by atoms with Gasteiger partial charge in [-0.2, -0.15) is 17.4 Å². The Kier molecular flexibility index (Phi) is 2.79. The van der Waals surface area contributed by atoms with Crippen LogP contribution in [0.5, 0.6) is 0 Å². The van der Waals surface area contributed by atoms with Gasteiger partial charge in [0.1, 0.15) is 0 Å². The van der Waals surface area contributed by atoms with Crippen LogP contribution in [0.3, 0.4) is 0 Å². The van der Waals surface area contributed by atoms with Crippen LogP contribution in [-0.2, 0) is 10.2 Å². The largest absolute Gasteiger partial charge is 0.315 e. The molecular formula is C8H17N3O2S. The molecule has 0 aromatic rings. The highest BCUT2D eigenvalue weighted by atomic mass is 32.2. The van der Waals surface area contributed by atoms with Crippen LogP contribution in [-0.4, -0.2) is 31.5 Å². The van der Waals surface area contributed by atoms with E-state index in [9.17, 15) is 8.42 Å². The van der Waals surface area contributed by atoms with E-state index in [0.29, 0.717) is 6.54 Å². The molecule has 1 aliphatic carbocycles. The molecule has 14 heavy (non-hydrogen) atoms. The van der Waals surface area contributed by atoms with Crippen molar-refractivity contribution >= 4 is 10.2 Å². The second-order valence-electron chi connectivity index (χ2n) is 4.07. The normalized spacial score (nSPS) is 30.5. The van der Waals surface area contributed by atoms with Gasteiger partial charge < -0.3 is 5.73 Å². The summed E-state index contributed by atoms with van der Waals surface area (Å²) in [5.41, 5.74) is 5.77. The molecule has 2 aliphatic rings. The Hall–Kier alpha value is -0.170. The minimum Gasteiger partial charge on any atom is -0.315 e. The molecule has 0 radical (unpaired) electrons. The molecule has 1 saturated heterocycles. The Morgan fingerprint density at radius 2 is 1.93 bits per heavy atom. The van der Waals surface area contributed by atoms with Crippen molar-refractivity contribution in [2.45, 2.75) is 44.3 Å². The van der Waals surface area contributed by atoms with Crippen LogP contribution in [0.1, 0.15) is 32.1 Å². The first-order valence-corrected chi connectivity index (χ1v) is 6.58. The standard InChI is InChI=1S/C8H17N3O2S/c9-8-3-1-2-6-11(8)14(12,13)10-7-4-5-7/h7-8,10H,1-6,9H2. The van der Waals surface area contributed by atoms with E-state index in [4.69, 9.17) is 5.73 Å². The fourth-order valence-corrected chi connectivity index (χ4v) is 3.33. The minimum absolute atomic E-state index is 0.161. The van der Waals surface area contributed by atoms with Gasteiger partial charge in [0.2, 0.25) is 0 Å². The van der Waals surface area contributed by atoms with Crippen LogP contribution in [0.2, 0.25) is 0 Å². The van der Waals surface area contributed by atoms with Crippen molar-refractivity contribution in [2.75, 3.05) is 6.54 Å². The summed E-state index contributed by atoms with van der Waals surface area (Å²) in [5.74, 6) is 0. The van der Waals surface area contributed by atoms with Gasteiger partial charge in [0.25, 0.3) is 10.2 Å². The first kappa shape index (κ1) is 10.4. The van der Waals surface area contributed by atoms with Crippen LogP contribution < -0.4 is 10.5 Å². The van der Waals surface area contributed by atoms with Crippen molar-refractivity contribution in [3.8, 4) is 0 Å². The average Bonchev–Trinajstić information content (AvgIpc) is 2.88. The number of nitrogens with zero attached hydrogens (tertiary/aromatic N) is 1. The summed E-state index contributed by atoms with van der Waals surface area (Å²) in [4.78, 5) is 0. The van der Waals surface area contributed by atoms with Gasteiger partial charge in [-0.3, -0.25) is 0 Å². The molecule has 0 aromatic heterocycles. The number of rotatable bonds is 3. The third-order valence-corrected chi connectivity index (χ3v) is 4.40. The molecule has 2 rings (SSSR count). The van der Waals surface area contributed by atoms with Gasteiger partial charge in [-0.05, 0) is 32.1 Å². The van der Waals surface area contributed by atoms with E-state index in [-0.39, 0.29) is 12.2 Å². The lowest BCUT2D eigenvalue weighted by molar-refractivity contribution is 0.255. The van der Waals surface area contributed by atoms with Crippen LogP contribution in [0.4, 0.5) is 0 Å². The number of piperidine rings is 1. The fourth-order valence-electron chi connectivity index (χ4n) is 1.71. The first-order valence-electron chi connectivity index (χ1n) is 5.14. The topological polar surface area (TPSA) is 75.4 Å². The summed E-state index contributed by atoms with van der Waals surface area (Å²) in [7, 11) is -3.31. The highest BCUT2D eigenvalue weighted by molar-refractivity contribution is 7.87. The molecule has 0 bridgehead atoms. The molecule has 1 heterocycles. The van der Waals surface area contributed by atoms with E-state index in [1.54, 1.807) is 0 Å². The van der Waals surface area contributed by atoms with Gasteiger partial charge in [-0.1, -0.05) is 0 Å². The second-order valence-corrected chi connectivity index (χ2v) is 5.73. The smallest absolute Gasteiger partial charge is 0.281 e. The number of nitrogens with two attached hydrogens (primary N) is 1. The van der Waals surface area contributed by atoms with Gasteiger partial charge >= 0.3 is 0 Å². The number of nitrogens with one attached hydrogen (secondary N) is 1. The van der Waals surface area contributed by atoms with Gasteiger partial charge in [0.15, 0.2) is 0 Å². The predicted molar refractivity (Wildman–Crippen MR) is 53.6 cm³/mol. The summed E-state index contributed by atoms with van der Waals surface area (Å²) in [6.45, 7) is 0.559. The molecule has 82 valence electrons. The molecule has 0 amide bonds. The summed E-state index contributed by atoms with van der Waals surface area (Å²) >= 11 is 0. The zero-order chi connectivity index (χ0) is 10.2. The summed E-state index contributed by atoms with van der Waals surface area (Å²) in [5, 5.41) is 0. The van der Waals surface area contributed by atoms with E-state index in [0.717, 1.165) is 32.1 Å². The van der Waals surface area contributed by atoms with Crippen LogP contribution >= 0.6 is 0 Å². The average molecular weight is 219 g/mol. The molecule has 0 spiro atoms. The Labute approximate surface area is 84.8 Å². The molecule has 0 aromatic carbocycles. The molecule has 6 heteroatoms. The Morgan fingerprint density at radius 1 is 1.21 bits per heavy atom. The molecule has 3 N–H and O–H groups in total. The van der Waals surface area contributed by atoms with Crippen molar-refractivity contribution in [1.82, 2.24) is 9.03 Å². The van der Waals surface area contributed by atoms with Gasteiger partial charge in [-0.25, -0.2) is 0 Å². The van der Waals surface area contributed by atoms with Gasteiger partial charge in [-0.15, -0.1) is 0 Å². The molecule has 1 saturated carbocycles. The Morgan fingerprint density at radius 3 is 2.50 bits per heavy atom. The summed E-state index contributed by atoms with van der Waals surface area (Å²) in [6.07, 6.45) is 4.30. The van der Waals surface area contributed by atoms with E-state index in [1.165, 1.54) is 4.31 Å². The number of hydrogen-bond acceptors (Lipinski definition) is 3. The first-order chi connectivity index (χ1) is 6.59. The molecule has 1 aliphatic heterocycles. The van der Waals surface area contributed by atoms with Crippen molar-refractivity contribution in [3.63, 3.8) is 0 Å². The lowest BCUT2D eigenvalue weighted by Gasteiger charge is -2.31. The summed E-state index contributed by atoms with van der Waals surface area (Å²) < 4.78 is 27.6. The van der Waals surface area contributed by atoms with Gasteiger partial charge in [0.05, 0.1) is 6.17 Å². The molecule has 5 nitrogen and oxygen atoms in total. The zero-order valence-corrected chi connectivity index (χ0v) is 8.96. The Bertz CT molecular complexity index is 300. The van der Waals surface area contributed by atoms with E-state index >= 15 is 0 Å². The predicted octanol–water partition coefficient (Wildman–Crippen LogP) is -0.246. The van der Waals surface area contributed by atoms with Gasteiger partial charge in [0, 0.05) is 12.6 Å². The maximum atomic E-state index is 11.8. The Balaban J connectivity index is 2.02. The lowest BCUT2D eigenvalue weighted by Crippen LogP contribution is -2.53. The fraction of sp³-hybridized carbons (Fsp3) is 1.00. The van der Waals surface area contributed by atoms with Crippen molar-refractivity contribution < 1.29 is 8.42 Å². The van der Waals surface area contributed by atoms with Crippen molar-refractivity contribution in [1.29, 1.82) is 0 Å². The second kappa shape index (κ2) is 3.77. The quantitative estimate of drug-likeness (QED) is 0.687. The monoisotopic (exact) mass is 219 g/mol. The van der Waals surface area contributed by atoms with Crippen molar-refractivity contribution in [2.24, 2.45) is 5.73 Å². The molecule has 2 fully saturated rings. The van der Waals surface area contributed by atoms with E-state index in [1.807, 2.05) is 0 Å². The van der Waals surface area contributed by atoms with Crippen LogP contribution in [0, 0.1) is 0 Å². The maximum Gasteiger partial charge on any atom is 0.281 e. The number of hydrogen-bond donors (Lipinski definition) is 2. The molecule has 1 unspecified atom stereocenters.